The molecule has 28 heavy (non-hydrogen) atoms. The molecule has 2 amide bonds. The number of amides is 2. The van der Waals surface area contributed by atoms with Crippen LogP contribution in [0.25, 0.3) is 0 Å². The number of nitrogens with one attached hydrogen (secondary N) is 1. The van der Waals surface area contributed by atoms with E-state index in [0.717, 1.165) is 74.5 Å². The number of carbonyl (C=O) groups is 1. The zero-order valence-corrected chi connectivity index (χ0v) is 17.4. The Morgan fingerprint density at radius 1 is 1.14 bits per heavy atom. The van der Waals surface area contributed by atoms with E-state index in [1.165, 1.54) is 19.3 Å². The van der Waals surface area contributed by atoms with E-state index in [1.807, 2.05) is 11.8 Å². The van der Waals surface area contributed by atoms with Crippen LogP contribution in [0.5, 0.6) is 0 Å². The third-order valence-electron chi connectivity index (χ3n) is 5.52. The molecule has 4 rings (SSSR count). The molecule has 8 nitrogen and oxygen atoms in total. The molecule has 0 spiro atoms. The number of aromatic nitrogens is 4. The number of hydrogen-bond donors (Lipinski definition) is 1. The number of nitrogens with zero attached hydrogens (tertiary/aromatic N) is 6. The number of piperazine rings is 1. The molecule has 0 aromatic carbocycles. The number of thiazole rings is 1. The highest BCUT2D eigenvalue weighted by molar-refractivity contribution is 7.09. The topological polar surface area (TPSA) is 79.2 Å². The molecule has 0 aliphatic carbocycles. The number of carbonyl (C=O) groups excluding carboxylic acids is 1. The molecular weight excluding hydrogens is 374 g/mol. The monoisotopic (exact) mass is 403 g/mol. The lowest BCUT2D eigenvalue weighted by molar-refractivity contribution is 0.134. The van der Waals surface area contributed by atoms with Crippen molar-refractivity contribution in [3.05, 3.63) is 27.7 Å². The molecule has 9 heteroatoms. The number of urea groups is 1. The number of aryl methyl sites for hydroxylation is 2. The first-order chi connectivity index (χ1) is 13.7. The van der Waals surface area contributed by atoms with Crippen LogP contribution in [0.4, 0.5) is 4.79 Å². The van der Waals surface area contributed by atoms with Crippen LogP contribution in [0.2, 0.25) is 0 Å². The summed E-state index contributed by atoms with van der Waals surface area (Å²) in [5, 5.41) is 15.0. The average Bonchev–Trinajstić information content (AvgIpc) is 3.20. The molecule has 2 aromatic heterocycles. The van der Waals surface area contributed by atoms with E-state index in [4.69, 9.17) is 0 Å². The normalized spacial score (nSPS) is 18.0. The van der Waals surface area contributed by atoms with Gasteiger partial charge in [-0.05, 0) is 19.8 Å². The lowest BCUT2D eigenvalue weighted by Crippen LogP contribution is -2.51. The molecular formula is C19H29N7OS. The van der Waals surface area contributed by atoms with Gasteiger partial charge in [-0.25, -0.2) is 9.78 Å². The Labute approximate surface area is 170 Å². The van der Waals surface area contributed by atoms with Crippen molar-refractivity contribution in [3.8, 4) is 0 Å². The molecule has 1 N–H and O–H groups in total. The second-order valence-corrected chi connectivity index (χ2v) is 8.66. The summed E-state index contributed by atoms with van der Waals surface area (Å²) in [6.07, 6.45) is 5.40. The summed E-state index contributed by atoms with van der Waals surface area (Å²) in [7, 11) is 0. The molecule has 2 aliphatic heterocycles. The van der Waals surface area contributed by atoms with Crippen molar-refractivity contribution < 1.29 is 4.79 Å². The zero-order valence-electron chi connectivity index (χ0n) is 16.6. The van der Waals surface area contributed by atoms with Gasteiger partial charge in [-0.3, -0.25) is 4.90 Å². The lowest BCUT2D eigenvalue weighted by atomic mass is 10.2. The number of rotatable bonds is 5. The molecule has 1 fully saturated rings. The first-order valence-electron chi connectivity index (χ1n) is 10.3. The molecule has 2 aromatic rings. The maximum absolute atomic E-state index is 12.5. The van der Waals surface area contributed by atoms with Crippen molar-refractivity contribution in [3.63, 3.8) is 0 Å². The molecule has 0 atom stereocenters. The molecule has 2 aliphatic rings. The van der Waals surface area contributed by atoms with Crippen LogP contribution < -0.4 is 5.32 Å². The molecule has 0 saturated carbocycles. The molecule has 4 heterocycles. The van der Waals surface area contributed by atoms with Crippen LogP contribution in [-0.4, -0.2) is 68.3 Å². The zero-order chi connectivity index (χ0) is 19.3. The minimum Gasteiger partial charge on any atom is -0.338 e. The van der Waals surface area contributed by atoms with Crippen molar-refractivity contribution in [1.82, 2.24) is 34.9 Å². The molecule has 0 bridgehead atoms. The predicted octanol–water partition coefficient (Wildman–Crippen LogP) is 1.84. The maximum atomic E-state index is 12.5. The largest absolute Gasteiger partial charge is 0.338 e. The smallest absolute Gasteiger partial charge is 0.317 e. The maximum Gasteiger partial charge on any atom is 0.317 e. The highest BCUT2D eigenvalue weighted by Gasteiger charge is 2.22. The van der Waals surface area contributed by atoms with Crippen molar-refractivity contribution >= 4 is 17.4 Å². The quantitative estimate of drug-likeness (QED) is 0.824. The van der Waals surface area contributed by atoms with E-state index in [2.05, 4.69) is 35.3 Å². The summed E-state index contributed by atoms with van der Waals surface area (Å²) in [5.41, 5.74) is 1.13. The second kappa shape index (κ2) is 9.00. The summed E-state index contributed by atoms with van der Waals surface area (Å²) >= 11 is 1.69. The van der Waals surface area contributed by atoms with Crippen molar-refractivity contribution in [2.75, 3.05) is 32.7 Å². The first kappa shape index (κ1) is 19.3. The van der Waals surface area contributed by atoms with Gasteiger partial charge in [0.05, 0.1) is 10.7 Å². The van der Waals surface area contributed by atoms with Gasteiger partial charge in [-0.15, -0.1) is 21.5 Å². The Hall–Kier alpha value is -2.00. The van der Waals surface area contributed by atoms with E-state index < -0.39 is 0 Å². The van der Waals surface area contributed by atoms with Gasteiger partial charge in [-0.2, -0.15) is 0 Å². The third-order valence-corrected chi connectivity index (χ3v) is 6.34. The Balaban J connectivity index is 1.19. The van der Waals surface area contributed by atoms with Gasteiger partial charge in [0.25, 0.3) is 0 Å². The number of hydrogen-bond acceptors (Lipinski definition) is 6. The van der Waals surface area contributed by atoms with Crippen LogP contribution in [0, 0.1) is 6.92 Å². The van der Waals surface area contributed by atoms with E-state index in [9.17, 15) is 4.79 Å². The summed E-state index contributed by atoms with van der Waals surface area (Å²) in [5.74, 6) is 2.10. The van der Waals surface area contributed by atoms with Crippen molar-refractivity contribution in [2.45, 2.75) is 52.1 Å². The first-order valence-corrected chi connectivity index (χ1v) is 11.1. The highest BCUT2D eigenvalue weighted by Crippen LogP contribution is 2.15. The average molecular weight is 404 g/mol. The summed E-state index contributed by atoms with van der Waals surface area (Å²) in [6, 6.07) is 0.0276. The Morgan fingerprint density at radius 2 is 2.00 bits per heavy atom. The Bertz CT molecular complexity index is 794. The van der Waals surface area contributed by atoms with Crippen LogP contribution >= 0.6 is 11.3 Å². The molecule has 0 unspecified atom stereocenters. The van der Waals surface area contributed by atoms with Crippen molar-refractivity contribution in [2.24, 2.45) is 0 Å². The molecule has 1 saturated heterocycles. The van der Waals surface area contributed by atoms with Gasteiger partial charge in [0.1, 0.15) is 11.6 Å². The third kappa shape index (κ3) is 4.70. The molecule has 152 valence electrons. The summed E-state index contributed by atoms with van der Waals surface area (Å²) in [6.45, 7) is 7.82. The van der Waals surface area contributed by atoms with Crippen molar-refractivity contribution in [1.29, 1.82) is 0 Å². The van der Waals surface area contributed by atoms with E-state index >= 15 is 0 Å². The highest BCUT2D eigenvalue weighted by atomic mass is 32.1. The van der Waals surface area contributed by atoms with Gasteiger partial charge in [0.2, 0.25) is 0 Å². The van der Waals surface area contributed by atoms with Crippen LogP contribution in [0.1, 0.15) is 41.6 Å². The standard InChI is InChI=1S/C19H29N7OS/c1-15-21-16(14-28-15)13-24-9-11-25(12-10-24)19(27)20-7-6-18-23-22-17-5-3-2-4-8-26(17)18/h14H,2-13H2,1H3,(H,20,27). The van der Waals surface area contributed by atoms with Gasteiger partial charge >= 0.3 is 6.03 Å². The van der Waals surface area contributed by atoms with Gasteiger partial charge in [0, 0.05) is 64.0 Å². The molecule has 0 radical (unpaired) electrons. The van der Waals surface area contributed by atoms with Gasteiger partial charge in [0.15, 0.2) is 0 Å². The second-order valence-electron chi connectivity index (χ2n) is 7.60. The van der Waals surface area contributed by atoms with E-state index in [0.29, 0.717) is 6.54 Å². The number of fused-ring (bicyclic) bond motifs is 1. The van der Waals surface area contributed by atoms with E-state index in [1.54, 1.807) is 11.3 Å². The Kier molecular flexibility index (Phi) is 6.21. The van der Waals surface area contributed by atoms with Crippen LogP contribution in [0.3, 0.4) is 0 Å². The van der Waals surface area contributed by atoms with Crippen LogP contribution in [0.15, 0.2) is 5.38 Å². The summed E-state index contributed by atoms with van der Waals surface area (Å²) < 4.78 is 2.25. The fourth-order valence-electron chi connectivity index (χ4n) is 3.94. The minimum absolute atomic E-state index is 0.0276. The fourth-order valence-corrected chi connectivity index (χ4v) is 4.55. The van der Waals surface area contributed by atoms with Gasteiger partial charge in [-0.1, -0.05) is 6.42 Å². The summed E-state index contributed by atoms with van der Waals surface area (Å²) in [4.78, 5) is 21.3. The Morgan fingerprint density at radius 3 is 2.79 bits per heavy atom. The van der Waals surface area contributed by atoms with E-state index in [-0.39, 0.29) is 6.03 Å². The minimum atomic E-state index is 0.0276. The van der Waals surface area contributed by atoms with Crippen LogP contribution in [-0.2, 0) is 25.9 Å². The SMILES string of the molecule is Cc1nc(CN2CCN(C(=O)NCCc3nnc4n3CCCCC4)CC2)cs1. The lowest BCUT2D eigenvalue weighted by Gasteiger charge is -2.34. The van der Waals surface area contributed by atoms with Gasteiger partial charge < -0.3 is 14.8 Å². The fraction of sp³-hybridized carbons (Fsp3) is 0.684. The predicted molar refractivity (Wildman–Crippen MR) is 108 cm³/mol.